The average molecular weight is 296 g/mol. The van der Waals surface area contributed by atoms with Gasteiger partial charge in [-0.05, 0) is 49.5 Å². The first-order valence-electron chi connectivity index (χ1n) is 7.00. The molecule has 1 aliphatic rings. The van der Waals surface area contributed by atoms with E-state index >= 15 is 0 Å². The summed E-state index contributed by atoms with van der Waals surface area (Å²) in [7, 11) is 1.57. The van der Waals surface area contributed by atoms with Crippen LogP contribution in [0.2, 0.25) is 5.02 Å². The first kappa shape index (κ1) is 15.3. The summed E-state index contributed by atoms with van der Waals surface area (Å²) >= 11 is 6.06. The molecule has 0 N–H and O–H groups in total. The Labute approximate surface area is 125 Å². The number of hydrogen-bond acceptors (Lipinski definition) is 3. The highest BCUT2D eigenvalue weighted by Gasteiger charge is 2.26. The van der Waals surface area contributed by atoms with Crippen LogP contribution in [0.25, 0.3) is 0 Å². The van der Waals surface area contributed by atoms with Crippen molar-refractivity contribution in [3.05, 3.63) is 28.8 Å². The van der Waals surface area contributed by atoms with Crippen LogP contribution < -0.4 is 4.74 Å². The number of piperidine rings is 1. The first-order valence-corrected chi connectivity index (χ1v) is 7.38. The van der Waals surface area contributed by atoms with Gasteiger partial charge in [0.2, 0.25) is 0 Å². The van der Waals surface area contributed by atoms with Crippen LogP contribution in [0, 0.1) is 5.41 Å². The molecule has 4 heteroatoms. The van der Waals surface area contributed by atoms with E-state index < -0.39 is 0 Å². The molecule has 0 saturated carbocycles. The van der Waals surface area contributed by atoms with E-state index in [1.165, 1.54) is 0 Å². The summed E-state index contributed by atoms with van der Waals surface area (Å²) in [6.07, 6.45) is 2.29. The zero-order chi connectivity index (χ0) is 14.8. The summed E-state index contributed by atoms with van der Waals surface area (Å²) < 4.78 is 5.10. The number of hydrogen-bond donors (Lipinski definition) is 0. The molecule has 1 heterocycles. The Morgan fingerprint density at radius 3 is 2.55 bits per heavy atom. The smallest absolute Gasteiger partial charge is 0.176 e. The first-order chi connectivity index (χ1) is 9.41. The molecule has 0 radical (unpaired) electrons. The Kier molecular flexibility index (Phi) is 4.71. The highest BCUT2D eigenvalue weighted by atomic mass is 35.5. The van der Waals surface area contributed by atoms with E-state index in [-0.39, 0.29) is 5.78 Å². The predicted octanol–water partition coefficient (Wildman–Crippen LogP) is 3.65. The Morgan fingerprint density at radius 1 is 1.35 bits per heavy atom. The van der Waals surface area contributed by atoms with Crippen molar-refractivity contribution in [2.24, 2.45) is 5.41 Å². The maximum Gasteiger partial charge on any atom is 0.176 e. The molecule has 1 saturated heterocycles. The van der Waals surface area contributed by atoms with Crippen molar-refractivity contribution in [2.75, 3.05) is 26.7 Å². The van der Waals surface area contributed by atoms with Crippen molar-refractivity contribution in [3.63, 3.8) is 0 Å². The molecule has 1 fully saturated rings. The molecule has 20 heavy (non-hydrogen) atoms. The maximum absolute atomic E-state index is 12.3. The Balaban J connectivity index is 1.97. The van der Waals surface area contributed by atoms with E-state index in [0.29, 0.717) is 28.3 Å². The third kappa shape index (κ3) is 3.74. The van der Waals surface area contributed by atoms with Crippen LogP contribution in [-0.4, -0.2) is 37.4 Å². The number of nitrogens with zero attached hydrogens (tertiary/aromatic N) is 1. The van der Waals surface area contributed by atoms with E-state index in [9.17, 15) is 4.79 Å². The summed E-state index contributed by atoms with van der Waals surface area (Å²) in [6.45, 7) is 7.02. The fourth-order valence-electron chi connectivity index (χ4n) is 2.45. The lowest BCUT2D eigenvalue weighted by Gasteiger charge is -2.36. The largest absolute Gasteiger partial charge is 0.495 e. The lowest BCUT2D eigenvalue weighted by Crippen LogP contribution is -2.40. The van der Waals surface area contributed by atoms with Crippen molar-refractivity contribution in [3.8, 4) is 5.75 Å². The number of likely N-dealkylation sites (tertiary alicyclic amines) is 1. The highest BCUT2D eigenvalue weighted by molar-refractivity contribution is 6.32. The van der Waals surface area contributed by atoms with Crippen LogP contribution in [0.3, 0.4) is 0 Å². The molecule has 0 amide bonds. The molecular weight excluding hydrogens is 274 g/mol. The topological polar surface area (TPSA) is 29.5 Å². The predicted molar refractivity (Wildman–Crippen MR) is 81.8 cm³/mol. The third-order valence-electron chi connectivity index (χ3n) is 4.05. The number of carbonyl (C=O) groups excluding carboxylic acids is 1. The van der Waals surface area contributed by atoms with E-state index in [1.54, 1.807) is 25.3 Å². The molecular formula is C16H22ClNO2. The Morgan fingerprint density at radius 2 is 2.00 bits per heavy atom. The second kappa shape index (κ2) is 6.15. The standard InChI is InChI=1S/C16H22ClNO2/c1-16(2)6-8-18(9-7-16)11-14(19)12-4-5-15(20-3)13(17)10-12/h4-5,10H,6-9,11H2,1-3H3. The van der Waals surface area contributed by atoms with Crippen LogP contribution >= 0.6 is 11.6 Å². The molecule has 1 aliphatic heterocycles. The molecule has 0 aromatic heterocycles. The Hall–Kier alpha value is -1.06. The van der Waals surface area contributed by atoms with Crippen LogP contribution in [0.1, 0.15) is 37.0 Å². The van der Waals surface area contributed by atoms with Gasteiger partial charge in [-0.15, -0.1) is 0 Å². The van der Waals surface area contributed by atoms with Gasteiger partial charge in [0.15, 0.2) is 5.78 Å². The number of rotatable bonds is 4. The highest BCUT2D eigenvalue weighted by Crippen LogP contribution is 2.30. The van der Waals surface area contributed by atoms with E-state index in [4.69, 9.17) is 16.3 Å². The fraction of sp³-hybridized carbons (Fsp3) is 0.562. The van der Waals surface area contributed by atoms with Crippen molar-refractivity contribution < 1.29 is 9.53 Å². The van der Waals surface area contributed by atoms with Gasteiger partial charge in [0.25, 0.3) is 0 Å². The number of benzene rings is 1. The van der Waals surface area contributed by atoms with Gasteiger partial charge in [-0.25, -0.2) is 0 Å². The molecule has 1 aromatic carbocycles. The van der Waals surface area contributed by atoms with Crippen LogP contribution in [0.15, 0.2) is 18.2 Å². The third-order valence-corrected chi connectivity index (χ3v) is 4.35. The minimum atomic E-state index is 0.120. The van der Waals surface area contributed by atoms with Gasteiger partial charge in [-0.3, -0.25) is 9.69 Å². The van der Waals surface area contributed by atoms with Gasteiger partial charge in [0.1, 0.15) is 5.75 Å². The molecule has 2 rings (SSSR count). The molecule has 0 unspecified atom stereocenters. The number of halogens is 1. The number of methoxy groups -OCH3 is 1. The van der Waals surface area contributed by atoms with Gasteiger partial charge in [0, 0.05) is 5.56 Å². The number of ether oxygens (including phenoxy) is 1. The van der Waals surface area contributed by atoms with Crippen molar-refractivity contribution >= 4 is 17.4 Å². The number of carbonyl (C=O) groups is 1. The molecule has 1 aromatic rings. The van der Waals surface area contributed by atoms with Gasteiger partial charge in [0.05, 0.1) is 18.7 Å². The van der Waals surface area contributed by atoms with Crippen LogP contribution in [-0.2, 0) is 0 Å². The number of Topliss-reactive ketones (excluding diaryl/α,β-unsaturated/α-hetero) is 1. The number of ketones is 1. The summed E-state index contributed by atoms with van der Waals surface area (Å²) in [5.74, 6) is 0.720. The van der Waals surface area contributed by atoms with Gasteiger partial charge >= 0.3 is 0 Å². The molecule has 0 spiro atoms. The van der Waals surface area contributed by atoms with E-state index in [0.717, 1.165) is 25.9 Å². The summed E-state index contributed by atoms with van der Waals surface area (Å²) in [5.41, 5.74) is 1.06. The normalized spacial score (nSPS) is 18.8. The summed E-state index contributed by atoms with van der Waals surface area (Å²) in [4.78, 5) is 14.5. The van der Waals surface area contributed by atoms with Crippen molar-refractivity contribution in [2.45, 2.75) is 26.7 Å². The summed E-state index contributed by atoms with van der Waals surface area (Å²) in [6, 6.07) is 5.21. The molecule has 110 valence electrons. The Bertz CT molecular complexity index is 489. The second-order valence-corrected chi connectivity index (χ2v) is 6.62. The maximum atomic E-state index is 12.3. The van der Waals surface area contributed by atoms with Crippen molar-refractivity contribution in [1.29, 1.82) is 0 Å². The fourth-order valence-corrected chi connectivity index (χ4v) is 2.71. The minimum absolute atomic E-state index is 0.120. The minimum Gasteiger partial charge on any atom is -0.495 e. The molecule has 3 nitrogen and oxygen atoms in total. The van der Waals surface area contributed by atoms with Gasteiger partial charge < -0.3 is 4.74 Å². The van der Waals surface area contributed by atoms with E-state index in [1.807, 2.05) is 0 Å². The molecule has 0 aliphatic carbocycles. The molecule has 0 bridgehead atoms. The molecule has 0 atom stereocenters. The van der Waals surface area contributed by atoms with E-state index in [2.05, 4.69) is 18.7 Å². The van der Waals surface area contributed by atoms with Gasteiger partial charge in [-0.1, -0.05) is 25.4 Å². The average Bonchev–Trinajstić information content (AvgIpc) is 2.41. The lowest BCUT2D eigenvalue weighted by atomic mass is 9.82. The monoisotopic (exact) mass is 295 g/mol. The zero-order valence-electron chi connectivity index (χ0n) is 12.4. The van der Waals surface area contributed by atoms with Crippen LogP contribution in [0.5, 0.6) is 5.75 Å². The van der Waals surface area contributed by atoms with Crippen molar-refractivity contribution in [1.82, 2.24) is 4.90 Å². The van der Waals surface area contributed by atoms with Gasteiger partial charge in [-0.2, -0.15) is 0 Å². The zero-order valence-corrected chi connectivity index (χ0v) is 13.2. The lowest BCUT2D eigenvalue weighted by molar-refractivity contribution is 0.0845. The quantitative estimate of drug-likeness (QED) is 0.794. The van der Waals surface area contributed by atoms with Crippen LogP contribution in [0.4, 0.5) is 0 Å². The second-order valence-electron chi connectivity index (χ2n) is 6.21. The SMILES string of the molecule is COc1ccc(C(=O)CN2CCC(C)(C)CC2)cc1Cl. The summed E-state index contributed by atoms with van der Waals surface area (Å²) in [5, 5.41) is 0.484.